The summed E-state index contributed by atoms with van der Waals surface area (Å²) in [5, 5.41) is 14.0. The Kier molecular flexibility index (Phi) is 2.66. The quantitative estimate of drug-likeness (QED) is 0.625. The van der Waals surface area contributed by atoms with E-state index in [0.717, 1.165) is 25.5 Å². The molecule has 0 radical (unpaired) electrons. The highest BCUT2D eigenvalue weighted by Crippen LogP contribution is 2.35. The van der Waals surface area contributed by atoms with Gasteiger partial charge in [-0.25, -0.2) is 4.98 Å². The number of pyridine rings is 1. The number of fused-ring (bicyclic) bond motifs is 1. The molecule has 2 aliphatic rings. The van der Waals surface area contributed by atoms with Crippen LogP contribution in [-0.2, 0) is 0 Å². The smallest absolute Gasteiger partial charge is 0.287 e. The first-order valence-electron chi connectivity index (χ1n) is 6.24. The second-order valence-electron chi connectivity index (χ2n) is 5.11. The highest BCUT2D eigenvalue weighted by Gasteiger charge is 2.42. The van der Waals surface area contributed by atoms with E-state index in [1.807, 2.05) is 0 Å². The maximum Gasteiger partial charge on any atom is 0.287 e. The van der Waals surface area contributed by atoms with Crippen LogP contribution < -0.4 is 10.2 Å². The highest BCUT2D eigenvalue weighted by atomic mass is 16.6. The summed E-state index contributed by atoms with van der Waals surface area (Å²) >= 11 is 0. The van der Waals surface area contributed by atoms with E-state index < -0.39 is 4.92 Å². The molecule has 2 fully saturated rings. The summed E-state index contributed by atoms with van der Waals surface area (Å²) in [5.41, 5.74) is 0.0486. The van der Waals surface area contributed by atoms with Gasteiger partial charge in [0.2, 0.25) is 0 Å². The van der Waals surface area contributed by atoms with Crippen molar-refractivity contribution < 1.29 is 4.92 Å². The average Bonchev–Trinajstić information content (AvgIpc) is 2.93. The molecule has 1 aromatic rings. The standard InChI is InChI=1S/C12H16N4O2/c1-8-11-6-13-4-9(11)7-15(8)12-3-2-10(5-14-12)16(17)18/h2-3,5,8-9,11,13H,4,6-7H2,1H3. The molecule has 0 aromatic carbocycles. The summed E-state index contributed by atoms with van der Waals surface area (Å²) in [6.07, 6.45) is 1.34. The topological polar surface area (TPSA) is 71.3 Å². The molecule has 0 aliphatic carbocycles. The van der Waals surface area contributed by atoms with Crippen LogP contribution in [0.1, 0.15) is 6.92 Å². The summed E-state index contributed by atoms with van der Waals surface area (Å²) in [6, 6.07) is 3.73. The van der Waals surface area contributed by atoms with Gasteiger partial charge in [-0.3, -0.25) is 10.1 Å². The van der Waals surface area contributed by atoms with E-state index in [1.54, 1.807) is 6.07 Å². The maximum atomic E-state index is 10.6. The summed E-state index contributed by atoms with van der Waals surface area (Å²) in [4.78, 5) is 16.7. The van der Waals surface area contributed by atoms with Crippen LogP contribution in [0, 0.1) is 22.0 Å². The molecule has 0 spiro atoms. The molecule has 6 heteroatoms. The van der Waals surface area contributed by atoms with Crippen molar-refractivity contribution in [3.63, 3.8) is 0 Å². The van der Waals surface area contributed by atoms with Crippen LogP contribution in [0.5, 0.6) is 0 Å². The third-order valence-electron chi connectivity index (χ3n) is 4.17. The Bertz CT molecular complexity index is 462. The number of nitrogens with one attached hydrogen (secondary N) is 1. The Morgan fingerprint density at radius 3 is 2.94 bits per heavy atom. The zero-order valence-electron chi connectivity index (χ0n) is 10.2. The summed E-state index contributed by atoms with van der Waals surface area (Å²) in [5.74, 6) is 2.20. The van der Waals surface area contributed by atoms with Gasteiger partial charge >= 0.3 is 0 Å². The number of nitrogens with zero attached hydrogens (tertiary/aromatic N) is 3. The van der Waals surface area contributed by atoms with Crippen LogP contribution in [0.3, 0.4) is 0 Å². The highest BCUT2D eigenvalue weighted by molar-refractivity contribution is 5.45. The number of hydrogen-bond donors (Lipinski definition) is 1. The second kappa shape index (κ2) is 4.20. The molecule has 96 valence electrons. The van der Waals surface area contributed by atoms with Crippen molar-refractivity contribution in [3.8, 4) is 0 Å². The van der Waals surface area contributed by atoms with E-state index in [9.17, 15) is 10.1 Å². The van der Waals surface area contributed by atoms with Crippen molar-refractivity contribution in [1.82, 2.24) is 10.3 Å². The fourth-order valence-corrected chi connectivity index (χ4v) is 3.13. The first-order chi connectivity index (χ1) is 8.66. The third-order valence-corrected chi connectivity index (χ3v) is 4.17. The van der Waals surface area contributed by atoms with Crippen molar-refractivity contribution >= 4 is 11.5 Å². The van der Waals surface area contributed by atoms with Gasteiger partial charge in [-0.15, -0.1) is 0 Å². The summed E-state index contributed by atoms with van der Waals surface area (Å²) in [7, 11) is 0. The van der Waals surface area contributed by atoms with E-state index >= 15 is 0 Å². The predicted molar refractivity (Wildman–Crippen MR) is 67.5 cm³/mol. The maximum absolute atomic E-state index is 10.6. The minimum absolute atomic E-state index is 0.0486. The monoisotopic (exact) mass is 248 g/mol. The van der Waals surface area contributed by atoms with Gasteiger partial charge in [-0.2, -0.15) is 0 Å². The molecule has 18 heavy (non-hydrogen) atoms. The molecule has 1 aromatic heterocycles. The van der Waals surface area contributed by atoms with Gasteiger partial charge < -0.3 is 10.2 Å². The van der Waals surface area contributed by atoms with Gasteiger partial charge in [0.25, 0.3) is 5.69 Å². The van der Waals surface area contributed by atoms with Crippen molar-refractivity contribution in [2.45, 2.75) is 13.0 Å². The second-order valence-corrected chi connectivity index (χ2v) is 5.11. The number of aromatic nitrogens is 1. The molecule has 2 aliphatic heterocycles. The minimum atomic E-state index is -0.414. The molecule has 6 nitrogen and oxygen atoms in total. The fraction of sp³-hybridized carbons (Fsp3) is 0.583. The largest absolute Gasteiger partial charge is 0.353 e. The van der Waals surface area contributed by atoms with Gasteiger partial charge in [-0.05, 0) is 24.8 Å². The molecular formula is C12H16N4O2. The average molecular weight is 248 g/mol. The lowest BCUT2D eigenvalue weighted by atomic mass is 9.95. The zero-order chi connectivity index (χ0) is 12.7. The van der Waals surface area contributed by atoms with E-state index in [-0.39, 0.29) is 5.69 Å². The van der Waals surface area contributed by atoms with Crippen molar-refractivity contribution in [1.29, 1.82) is 0 Å². The Morgan fingerprint density at radius 2 is 2.33 bits per heavy atom. The summed E-state index contributed by atoms with van der Waals surface area (Å²) < 4.78 is 0. The van der Waals surface area contributed by atoms with Crippen molar-refractivity contribution in [3.05, 3.63) is 28.4 Å². The molecule has 0 bridgehead atoms. The SMILES string of the molecule is CC1C2CNCC2CN1c1ccc([N+](=O)[O-])cn1. The molecular weight excluding hydrogens is 232 g/mol. The van der Waals surface area contributed by atoms with Gasteiger partial charge in [-0.1, -0.05) is 0 Å². The molecule has 0 saturated carbocycles. The van der Waals surface area contributed by atoms with Gasteiger partial charge in [0.1, 0.15) is 12.0 Å². The first-order valence-corrected chi connectivity index (χ1v) is 6.24. The van der Waals surface area contributed by atoms with Gasteiger partial charge in [0.15, 0.2) is 0 Å². The molecule has 1 N–H and O–H groups in total. The van der Waals surface area contributed by atoms with Crippen molar-refractivity contribution in [2.75, 3.05) is 24.5 Å². The van der Waals surface area contributed by atoms with E-state index in [4.69, 9.17) is 0 Å². The molecule has 2 saturated heterocycles. The van der Waals surface area contributed by atoms with Crippen LogP contribution in [0.15, 0.2) is 18.3 Å². The lowest BCUT2D eigenvalue weighted by molar-refractivity contribution is -0.385. The zero-order valence-corrected chi connectivity index (χ0v) is 10.2. The molecule has 3 rings (SSSR count). The molecule has 3 atom stereocenters. The number of hydrogen-bond acceptors (Lipinski definition) is 5. The summed E-state index contributed by atoms with van der Waals surface area (Å²) in [6.45, 7) is 5.33. The van der Waals surface area contributed by atoms with E-state index in [2.05, 4.69) is 22.1 Å². The number of anilines is 1. The Hall–Kier alpha value is -1.69. The number of nitro groups is 1. The predicted octanol–water partition coefficient (Wildman–Crippen LogP) is 1.03. The minimum Gasteiger partial charge on any atom is -0.353 e. The Morgan fingerprint density at radius 1 is 1.50 bits per heavy atom. The number of rotatable bonds is 2. The Balaban J connectivity index is 1.81. The fourth-order valence-electron chi connectivity index (χ4n) is 3.13. The van der Waals surface area contributed by atoms with Crippen LogP contribution in [0.25, 0.3) is 0 Å². The first kappa shape index (κ1) is 11.4. The van der Waals surface area contributed by atoms with Crippen LogP contribution in [-0.4, -0.2) is 35.6 Å². The molecule has 0 amide bonds. The third kappa shape index (κ3) is 1.73. The van der Waals surface area contributed by atoms with Gasteiger partial charge in [0.05, 0.1) is 4.92 Å². The Labute approximate surface area is 105 Å². The lowest BCUT2D eigenvalue weighted by Gasteiger charge is -2.25. The van der Waals surface area contributed by atoms with E-state index in [1.165, 1.54) is 12.3 Å². The van der Waals surface area contributed by atoms with Crippen molar-refractivity contribution in [2.24, 2.45) is 11.8 Å². The molecule has 3 heterocycles. The molecule has 3 unspecified atom stereocenters. The lowest BCUT2D eigenvalue weighted by Crippen LogP contribution is -2.33. The van der Waals surface area contributed by atoms with Gasteiger partial charge in [0, 0.05) is 31.7 Å². The van der Waals surface area contributed by atoms with Crippen LogP contribution >= 0.6 is 0 Å². The van der Waals surface area contributed by atoms with E-state index in [0.29, 0.717) is 17.9 Å². The van der Waals surface area contributed by atoms with Crippen LogP contribution in [0.2, 0.25) is 0 Å². The van der Waals surface area contributed by atoms with Crippen LogP contribution in [0.4, 0.5) is 11.5 Å². The normalized spacial score (nSPS) is 30.5.